The molecule has 4 rings (SSSR count). The molecule has 5 nitrogen and oxygen atoms in total. The second-order valence-corrected chi connectivity index (χ2v) is 8.16. The lowest BCUT2D eigenvalue weighted by Gasteiger charge is -2.41. The minimum absolute atomic E-state index is 0. The lowest BCUT2D eigenvalue weighted by Crippen LogP contribution is -2.45. The van der Waals surface area contributed by atoms with Gasteiger partial charge in [-0.1, -0.05) is 13.0 Å². The van der Waals surface area contributed by atoms with Gasteiger partial charge in [-0.05, 0) is 69.6 Å². The first-order chi connectivity index (χ1) is 13.2. The van der Waals surface area contributed by atoms with Crippen molar-refractivity contribution in [3.8, 4) is 0 Å². The van der Waals surface area contributed by atoms with Crippen LogP contribution in [-0.2, 0) is 11.2 Å². The van der Waals surface area contributed by atoms with Crippen LogP contribution in [0.3, 0.4) is 0 Å². The van der Waals surface area contributed by atoms with E-state index in [0.29, 0.717) is 18.2 Å². The van der Waals surface area contributed by atoms with E-state index in [9.17, 15) is 4.79 Å². The summed E-state index contributed by atoms with van der Waals surface area (Å²) < 4.78 is 7.82. The van der Waals surface area contributed by atoms with Gasteiger partial charge in [0, 0.05) is 33.2 Å². The third-order valence-corrected chi connectivity index (χ3v) is 6.62. The summed E-state index contributed by atoms with van der Waals surface area (Å²) in [4.78, 5) is 18.3. The highest BCUT2D eigenvalue weighted by Gasteiger charge is 2.30. The smallest absolute Gasteiger partial charge is 0.326 e. The monoisotopic (exact) mass is 373 g/mol. The van der Waals surface area contributed by atoms with Crippen molar-refractivity contribution in [2.24, 2.45) is 0 Å². The number of fused-ring (bicyclic) bond motifs is 1. The van der Waals surface area contributed by atoms with Gasteiger partial charge in [-0.3, -0.25) is 4.57 Å². The van der Waals surface area contributed by atoms with Crippen molar-refractivity contribution >= 4 is 11.0 Å². The molecule has 5 heteroatoms. The molecule has 0 radical (unpaired) electrons. The SMILES string of the molecule is CCOC1CCC(N2CCC(n3c(=O)[nH]c4ccc(CC)cc43)CC2)CC1.[HH]. The highest BCUT2D eigenvalue weighted by atomic mass is 16.5. The normalized spacial score (nSPS) is 25.3. The molecule has 27 heavy (non-hydrogen) atoms. The standard InChI is InChI=1S/C22H33N3O2.H2/c1-3-16-5-10-20-21(15-16)25(22(26)23-20)18-11-13-24(14-12-18)17-6-8-19(9-7-17)27-4-2;/h5,10,15,17-19H,3-4,6-9,11-14H2,1-2H3,(H,23,26);1H. The maximum atomic E-state index is 12.6. The molecule has 1 aromatic carbocycles. The van der Waals surface area contributed by atoms with Crippen molar-refractivity contribution in [2.75, 3.05) is 19.7 Å². The van der Waals surface area contributed by atoms with E-state index >= 15 is 0 Å². The van der Waals surface area contributed by atoms with Crippen LogP contribution in [-0.4, -0.2) is 46.3 Å². The molecular formula is C22H35N3O2. The van der Waals surface area contributed by atoms with Crippen molar-refractivity contribution in [3.63, 3.8) is 0 Å². The van der Waals surface area contributed by atoms with E-state index < -0.39 is 0 Å². The third-order valence-electron chi connectivity index (χ3n) is 6.62. The van der Waals surface area contributed by atoms with E-state index in [1.165, 1.54) is 31.2 Å². The Morgan fingerprint density at radius 2 is 1.81 bits per heavy atom. The number of imidazole rings is 1. The Balaban J connectivity index is 0.00000225. The second-order valence-electron chi connectivity index (χ2n) is 8.16. The van der Waals surface area contributed by atoms with Gasteiger partial charge in [0.2, 0.25) is 0 Å². The molecule has 0 unspecified atom stereocenters. The predicted octanol–water partition coefficient (Wildman–Crippen LogP) is 4.12. The Hall–Kier alpha value is -1.59. The fourth-order valence-electron chi connectivity index (χ4n) is 5.07. The number of aromatic nitrogens is 2. The van der Waals surface area contributed by atoms with Crippen LogP contribution < -0.4 is 5.69 Å². The van der Waals surface area contributed by atoms with E-state index in [4.69, 9.17) is 4.74 Å². The van der Waals surface area contributed by atoms with Crippen LogP contribution in [0.25, 0.3) is 11.0 Å². The van der Waals surface area contributed by atoms with E-state index in [0.717, 1.165) is 50.0 Å². The summed E-state index contributed by atoms with van der Waals surface area (Å²) in [6.45, 7) is 7.28. The molecule has 150 valence electrons. The summed E-state index contributed by atoms with van der Waals surface area (Å²) >= 11 is 0. The Labute approximate surface area is 163 Å². The van der Waals surface area contributed by atoms with Crippen molar-refractivity contribution in [2.45, 2.75) is 77.0 Å². The number of nitrogens with one attached hydrogen (secondary N) is 1. The van der Waals surface area contributed by atoms with Gasteiger partial charge in [0.15, 0.2) is 0 Å². The number of hydrogen-bond acceptors (Lipinski definition) is 3. The zero-order chi connectivity index (χ0) is 18.8. The number of aromatic amines is 1. The fourth-order valence-corrected chi connectivity index (χ4v) is 5.07. The number of likely N-dealkylation sites (tertiary alicyclic amines) is 1. The van der Waals surface area contributed by atoms with Gasteiger partial charge >= 0.3 is 5.69 Å². The molecule has 2 fully saturated rings. The molecule has 1 aliphatic carbocycles. The van der Waals surface area contributed by atoms with E-state index in [-0.39, 0.29) is 7.12 Å². The van der Waals surface area contributed by atoms with Crippen LogP contribution in [0, 0.1) is 0 Å². The Morgan fingerprint density at radius 1 is 1.07 bits per heavy atom. The summed E-state index contributed by atoms with van der Waals surface area (Å²) in [5.74, 6) is 0. The lowest BCUT2D eigenvalue weighted by atomic mass is 9.90. The van der Waals surface area contributed by atoms with Gasteiger partial charge in [-0.2, -0.15) is 0 Å². The molecular weight excluding hydrogens is 338 g/mol. The molecule has 1 saturated carbocycles. The van der Waals surface area contributed by atoms with E-state index in [1.54, 1.807) is 0 Å². The van der Waals surface area contributed by atoms with Crippen molar-refractivity contribution in [1.82, 2.24) is 14.5 Å². The quantitative estimate of drug-likeness (QED) is 0.858. The average Bonchev–Trinajstić information content (AvgIpc) is 3.04. The first-order valence-electron chi connectivity index (χ1n) is 10.8. The first kappa shape index (κ1) is 18.8. The molecule has 1 aromatic heterocycles. The van der Waals surface area contributed by atoms with Gasteiger partial charge in [0.05, 0.1) is 17.1 Å². The molecule has 2 aliphatic rings. The van der Waals surface area contributed by atoms with Crippen molar-refractivity contribution in [3.05, 3.63) is 34.2 Å². The maximum absolute atomic E-state index is 12.6. The van der Waals surface area contributed by atoms with Gasteiger partial charge in [-0.25, -0.2) is 4.79 Å². The number of hydrogen-bond donors (Lipinski definition) is 1. The van der Waals surface area contributed by atoms with Crippen LogP contribution in [0.2, 0.25) is 0 Å². The number of benzene rings is 1. The molecule has 1 N–H and O–H groups in total. The molecule has 2 aromatic rings. The van der Waals surface area contributed by atoms with Crippen LogP contribution >= 0.6 is 0 Å². The Bertz CT molecular complexity index is 815. The molecule has 0 atom stereocenters. The largest absolute Gasteiger partial charge is 0.379 e. The lowest BCUT2D eigenvalue weighted by molar-refractivity contribution is 0.00796. The van der Waals surface area contributed by atoms with Crippen LogP contribution in [0.4, 0.5) is 0 Å². The number of nitrogens with zero attached hydrogens (tertiary/aromatic N) is 2. The number of aryl methyl sites for hydroxylation is 1. The number of H-pyrrole nitrogens is 1. The Kier molecular flexibility index (Phi) is 5.69. The number of ether oxygens (including phenoxy) is 1. The minimum Gasteiger partial charge on any atom is -0.379 e. The zero-order valence-electron chi connectivity index (χ0n) is 16.7. The third kappa shape index (κ3) is 3.85. The summed E-state index contributed by atoms with van der Waals surface area (Å²) in [7, 11) is 0. The first-order valence-corrected chi connectivity index (χ1v) is 10.8. The van der Waals surface area contributed by atoms with Gasteiger partial charge < -0.3 is 14.6 Å². The topological polar surface area (TPSA) is 50.3 Å². The summed E-state index contributed by atoms with van der Waals surface area (Å²) in [6.07, 6.45) is 8.49. The summed E-state index contributed by atoms with van der Waals surface area (Å²) in [5.41, 5.74) is 3.39. The van der Waals surface area contributed by atoms with Crippen molar-refractivity contribution < 1.29 is 6.16 Å². The zero-order valence-corrected chi connectivity index (χ0v) is 16.7. The second kappa shape index (κ2) is 8.19. The molecule has 0 spiro atoms. The number of piperidine rings is 1. The Morgan fingerprint density at radius 3 is 2.48 bits per heavy atom. The van der Waals surface area contributed by atoms with Gasteiger partial charge in [0.1, 0.15) is 0 Å². The molecule has 1 aliphatic heterocycles. The highest BCUT2D eigenvalue weighted by molar-refractivity contribution is 5.76. The average molecular weight is 374 g/mol. The molecule has 2 heterocycles. The van der Waals surface area contributed by atoms with Gasteiger partial charge in [-0.15, -0.1) is 0 Å². The van der Waals surface area contributed by atoms with E-state index in [2.05, 4.69) is 41.9 Å². The highest BCUT2D eigenvalue weighted by Crippen LogP contribution is 2.31. The van der Waals surface area contributed by atoms with Crippen LogP contribution in [0.5, 0.6) is 0 Å². The number of rotatable bonds is 5. The maximum Gasteiger partial charge on any atom is 0.326 e. The minimum atomic E-state index is 0. The molecule has 1 saturated heterocycles. The van der Waals surface area contributed by atoms with E-state index in [1.807, 2.05) is 4.57 Å². The summed E-state index contributed by atoms with van der Waals surface area (Å²) in [6, 6.07) is 7.37. The van der Waals surface area contributed by atoms with Crippen LogP contribution in [0.15, 0.2) is 23.0 Å². The van der Waals surface area contributed by atoms with Crippen LogP contribution in [0.1, 0.15) is 65.4 Å². The van der Waals surface area contributed by atoms with Crippen molar-refractivity contribution in [1.29, 1.82) is 0 Å². The summed E-state index contributed by atoms with van der Waals surface area (Å²) in [5, 5.41) is 0. The molecule has 0 amide bonds. The fraction of sp³-hybridized carbons (Fsp3) is 0.682. The predicted molar refractivity (Wildman–Crippen MR) is 112 cm³/mol. The van der Waals surface area contributed by atoms with Gasteiger partial charge in [0.25, 0.3) is 0 Å². The molecule has 0 bridgehead atoms.